The highest BCUT2D eigenvalue weighted by molar-refractivity contribution is 5.78. The number of nitrogens with one attached hydrogen (secondary N) is 2. The van der Waals surface area contributed by atoms with Crippen LogP contribution in [0.2, 0.25) is 0 Å². The monoisotopic (exact) mass is 274 g/mol. The van der Waals surface area contributed by atoms with Gasteiger partial charge >= 0.3 is 6.18 Å². The summed E-state index contributed by atoms with van der Waals surface area (Å²) in [5.74, 6) is 0.581. The Morgan fingerprint density at radius 2 is 2.00 bits per heavy atom. The van der Waals surface area contributed by atoms with Crippen LogP contribution >= 0.6 is 0 Å². The number of nitrogens with zero attached hydrogens (tertiary/aromatic N) is 1. The molecule has 0 radical (unpaired) electrons. The van der Waals surface area contributed by atoms with Crippen molar-refractivity contribution in [2.45, 2.75) is 26.6 Å². The summed E-state index contributed by atoms with van der Waals surface area (Å²) in [5, 5.41) is 0. The zero-order valence-electron chi connectivity index (χ0n) is 11.0. The molecule has 0 aromatic heterocycles. The maximum atomic E-state index is 12.8. The number of alkyl halides is 3. The first kappa shape index (κ1) is 15.3. The molecule has 1 rings (SSSR count). The molecule has 1 aromatic rings. The Bertz CT molecular complexity index is 481. The number of hydrogen-bond donors (Lipinski definition) is 3. The lowest BCUT2D eigenvalue weighted by Gasteiger charge is -2.14. The fourth-order valence-electron chi connectivity index (χ4n) is 1.68. The quantitative estimate of drug-likeness (QED) is 0.343. The molecule has 0 amide bonds. The van der Waals surface area contributed by atoms with Crippen molar-refractivity contribution in [3.8, 4) is 0 Å². The van der Waals surface area contributed by atoms with E-state index in [9.17, 15) is 13.2 Å². The van der Waals surface area contributed by atoms with Crippen molar-refractivity contribution >= 4 is 11.5 Å². The van der Waals surface area contributed by atoms with Gasteiger partial charge in [-0.05, 0) is 37.1 Å². The van der Waals surface area contributed by atoms with Crippen LogP contribution in [-0.4, -0.2) is 12.9 Å². The van der Waals surface area contributed by atoms with Gasteiger partial charge in [0.1, 0.15) is 5.84 Å². The standard InChI is InChI=1S/C12H17F3N4/c1-7-9(6-18-8(2)19-17-3)4-10(16)5-11(7)12(13,14)15/h4-5,17H,6,16H2,1-3H3,(H,18,19). The maximum Gasteiger partial charge on any atom is 0.416 e. The molecule has 7 heteroatoms. The fourth-order valence-corrected chi connectivity index (χ4v) is 1.68. The highest BCUT2D eigenvalue weighted by Gasteiger charge is 2.33. The van der Waals surface area contributed by atoms with Gasteiger partial charge in [-0.1, -0.05) is 0 Å². The van der Waals surface area contributed by atoms with Gasteiger partial charge in [-0.2, -0.15) is 13.2 Å². The molecule has 0 aliphatic carbocycles. The fraction of sp³-hybridized carbons (Fsp3) is 0.417. The van der Waals surface area contributed by atoms with E-state index < -0.39 is 11.7 Å². The normalized spacial score (nSPS) is 12.6. The molecular formula is C12H17F3N4. The molecular weight excluding hydrogens is 257 g/mol. The van der Waals surface area contributed by atoms with Gasteiger partial charge in [0.15, 0.2) is 0 Å². The minimum atomic E-state index is -4.41. The number of nitrogens with two attached hydrogens (primary N) is 1. The minimum Gasteiger partial charge on any atom is -0.399 e. The van der Waals surface area contributed by atoms with Crippen LogP contribution in [0.1, 0.15) is 23.6 Å². The van der Waals surface area contributed by atoms with Crippen LogP contribution in [0.3, 0.4) is 0 Å². The molecule has 0 aliphatic rings. The van der Waals surface area contributed by atoms with Crippen molar-refractivity contribution in [3.05, 3.63) is 28.8 Å². The summed E-state index contributed by atoms with van der Waals surface area (Å²) in [6.45, 7) is 3.28. The number of anilines is 1. The van der Waals surface area contributed by atoms with Gasteiger partial charge in [0.25, 0.3) is 0 Å². The molecule has 0 saturated carbocycles. The van der Waals surface area contributed by atoms with E-state index in [1.807, 2.05) is 0 Å². The average Bonchev–Trinajstić information content (AvgIpc) is 2.28. The Hall–Kier alpha value is -1.76. The molecule has 0 aliphatic heterocycles. The average molecular weight is 274 g/mol. The van der Waals surface area contributed by atoms with E-state index in [0.29, 0.717) is 11.4 Å². The first-order chi connectivity index (χ1) is 8.75. The molecule has 4 nitrogen and oxygen atoms in total. The van der Waals surface area contributed by atoms with Crippen molar-refractivity contribution < 1.29 is 13.2 Å². The molecule has 106 valence electrons. The number of amidine groups is 1. The molecule has 4 N–H and O–H groups in total. The summed E-state index contributed by atoms with van der Waals surface area (Å²) in [6.07, 6.45) is -4.41. The highest BCUT2D eigenvalue weighted by atomic mass is 19.4. The van der Waals surface area contributed by atoms with Crippen LogP contribution in [0.15, 0.2) is 17.1 Å². The summed E-state index contributed by atoms with van der Waals surface area (Å²) in [5.41, 5.74) is 10.9. The van der Waals surface area contributed by atoms with Gasteiger partial charge in [0.05, 0.1) is 12.1 Å². The molecule has 0 heterocycles. The van der Waals surface area contributed by atoms with E-state index in [-0.39, 0.29) is 17.8 Å². The van der Waals surface area contributed by atoms with Crippen molar-refractivity contribution in [1.82, 2.24) is 10.9 Å². The molecule has 0 bridgehead atoms. The van der Waals surface area contributed by atoms with Crippen molar-refractivity contribution in [3.63, 3.8) is 0 Å². The summed E-state index contributed by atoms with van der Waals surface area (Å²) in [6, 6.07) is 2.46. The van der Waals surface area contributed by atoms with Crippen molar-refractivity contribution in [2.24, 2.45) is 4.99 Å². The number of benzene rings is 1. The maximum absolute atomic E-state index is 12.8. The summed E-state index contributed by atoms with van der Waals surface area (Å²) in [4.78, 5) is 4.13. The van der Waals surface area contributed by atoms with Crippen LogP contribution in [0, 0.1) is 6.92 Å². The smallest absolute Gasteiger partial charge is 0.399 e. The Kier molecular flexibility index (Phi) is 4.77. The first-order valence-corrected chi connectivity index (χ1v) is 5.65. The first-order valence-electron chi connectivity index (χ1n) is 5.65. The van der Waals surface area contributed by atoms with Crippen molar-refractivity contribution in [2.75, 3.05) is 12.8 Å². The zero-order chi connectivity index (χ0) is 14.6. The van der Waals surface area contributed by atoms with Crippen LogP contribution < -0.4 is 16.6 Å². The lowest BCUT2D eigenvalue weighted by atomic mass is 10.0. The third kappa shape index (κ3) is 4.13. The van der Waals surface area contributed by atoms with Gasteiger partial charge in [-0.15, -0.1) is 0 Å². The number of halogens is 3. The highest BCUT2D eigenvalue weighted by Crippen LogP contribution is 2.34. The molecule has 0 saturated heterocycles. The largest absolute Gasteiger partial charge is 0.416 e. The third-order valence-electron chi connectivity index (χ3n) is 2.64. The van der Waals surface area contributed by atoms with Crippen LogP contribution in [0.5, 0.6) is 0 Å². The Labute approximate surface area is 109 Å². The molecule has 0 fully saturated rings. The van der Waals surface area contributed by atoms with E-state index in [1.165, 1.54) is 13.0 Å². The SMILES string of the molecule is CNNC(C)=NCc1cc(N)cc(C(F)(F)F)c1C. The lowest BCUT2D eigenvalue weighted by molar-refractivity contribution is -0.138. The lowest BCUT2D eigenvalue weighted by Crippen LogP contribution is -2.32. The van der Waals surface area contributed by atoms with Gasteiger partial charge < -0.3 is 11.2 Å². The predicted octanol–water partition coefficient (Wildman–Crippen LogP) is 2.24. The number of nitrogen functional groups attached to an aromatic ring is 1. The topological polar surface area (TPSA) is 62.4 Å². The summed E-state index contributed by atoms with van der Waals surface area (Å²) in [7, 11) is 1.67. The molecule has 0 spiro atoms. The molecule has 0 unspecified atom stereocenters. The Balaban J connectivity index is 3.09. The second kappa shape index (κ2) is 5.92. The summed E-state index contributed by atoms with van der Waals surface area (Å²) >= 11 is 0. The van der Waals surface area contributed by atoms with Crippen LogP contribution in [0.25, 0.3) is 0 Å². The number of hydrazine groups is 1. The van der Waals surface area contributed by atoms with E-state index in [0.717, 1.165) is 6.07 Å². The van der Waals surface area contributed by atoms with E-state index in [1.54, 1.807) is 14.0 Å². The van der Waals surface area contributed by atoms with E-state index in [2.05, 4.69) is 15.8 Å². The van der Waals surface area contributed by atoms with E-state index >= 15 is 0 Å². The Morgan fingerprint density at radius 3 is 2.53 bits per heavy atom. The van der Waals surface area contributed by atoms with Crippen LogP contribution in [0.4, 0.5) is 18.9 Å². The van der Waals surface area contributed by atoms with Gasteiger partial charge in [0, 0.05) is 12.7 Å². The minimum absolute atomic E-state index is 0.0855. The second-order valence-electron chi connectivity index (χ2n) is 4.13. The number of rotatable bonds is 3. The van der Waals surface area contributed by atoms with Crippen LogP contribution in [-0.2, 0) is 12.7 Å². The second-order valence-corrected chi connectivity index (χ2v) is 4.13. The molecule has 19 heavy (non-hydrogen) atoms. The van der Waals surface area contributed by atoms with Gasteiger partial charge in [-0.3, -0.25) is 4.99 Å². The third-order valence-corrected chi connectivity index (χ3v) is 2.64. The van der Waals surface area contributed by atoms with Gasteiger partial charge in [0.2, 0.25) is 0 Å². The Morgan fingerprint density at radius 1 is 1.37 bits per heavy atom. The van der Waals surface area contributed by atoms with Gasteiger partial charge in [-0.25, -0.2) is 5.43 Å². The predicted molar refractivity (Wildman–Crippen MR) is 69.6 cm³/mol. The number of hydrogen-bond acceptors (Lipinski definition) is 3. The molecule has 0 atom stereocenters. The zero-order valence-corrected chi connectivity index (χ0v) is 11.0. The molecule has 1 aromatic carbocycles. The number of aliphatic imine (C=N–C) groups is 1. The summed E-state index contributed by atoms with van der Waals surface area (Å²) < 4.78 is 38.4. The van der Waals surface area contributed by atoms with E-state index in [4.69, 9.17) is 5.73 Å². The van der Waals surface area contributed by atoms with Crippen molar-refractivity contribution in [1.29, 1.82) is 0 Å².